The molecule has 1 aliphatic rings. The molecule has 1 aliphatic heterocycles. The molecule has 1 aromatic carbocycles. The second-order valence-electron chi connectivity index (χ2n) is 6.19. The number of benzene rings is 1. The van der Waals surface area contributed by atoms with E-state index in [9.17, 15) is 9.59 Å². The fourth-order valence-electron chi connectivity index (χ4n) is 2.73. The van der Waals surface area contributed by atoms with Gasteiger partial charge in [-0.3, -0.25) is 14.7 Å². The van der Waals surface area contributed by atoms with Gasteiger partial charge in [0.25, 0.3) is 0 Å². The molecule has 1 saturated heterocycles. The van der Waals surface area contributed by atoms with Crippen LogP contribution < -0.4 is 10.2 Å². The highest BCUT2D eigenvalue weighted by atomic mass is 32.2. The Morgan fingerprint density at radius 3 is 2.64 bits per heavy atom. The maximum atomic E-state index is 12.2. The highest BCUT2D eigenvalue weighted by molar-refractivity contribution is 8.00. The van der Waals surface area contributed by atoms with Gasteiger partial charge in [-0.2, -0.15) is 0 Å². The van der Waals surface area contributed by atoms with Crippen molar-refractivity contribution in [3.8, 4) is 0 Å². The van der Waals surface area contributed by atoms with Gasteiger partial charge in [-0.1, -0.05) is 42.1 Å². The van der Waals surface area contributed by atoms with Crippen molar-refractivity contribution in [3.63, 3.8) is 0 Å². The lowest BCUT2D eigenvalue weighted by Gasteiger charge is -2.28. The van der Waals surface area contributed by atoms with Crippen LogP contribution in [0.3, 0.4) is 0 Å². The number of carbonyl (C=O) groups is 2. The van der Waals surface area contributed by atoms with E-state index in [-0.39, 0.29) is 0 Å². The van der Waals surface area contributed by atoms with Crippen molar-refractivity contribution < 1.29 is 19.1 Å². The zero-order chi connectivity index (χ0) is 19.9. The summed E-state index contributed by atoms with van der Waals surface area (Å²) in [7, 11) is 1.21. The molecule has 1 N–H and O–H groups in total. The normalized spacial score (nSPS) is 15.1. The summed E-state index contributed by atoms with van der Waals surface area (Å²) in [4.78, 5) is 25.6. The molecular weight excluding hydrogens is 382 g/mol. The molecule has 150 valence electrons. The summed E-state index contributed by atoms with van der Waals surface area (Å²) in [5.74, 6) is 0.300. The lowest BCUT2D eigenvalue weighted by Crippen LogP contribution is -2.38. The van der Waals surface area contributed by atoms with E-state index in [2.05, 4.69) is 25.2 Å². The number of anilines is 1. The smallest absolute Gasteiger partial charge is 0.413 e. The van der Waals surface area contributed by atoms with E-state index in [4.69, 9.17) is 4.74 Å². The molecule has 0 aliphatic carbocycles. The Morgan fingerprint density at radius 2 is 1.96 bits per heavy atom. The summed E-state index contributed by atoms with van der Waals surface area (Å²) >= 11 is 1.25. The number of ether oxygens (including phenoxy) is 2. The lowest BCUT2D eigenvalue weighted by atomic mass is 10.2. The quantitative estimate of drug-likeness (QED) is 0.723. The summed E-state index contributed by atoms with van der Waals surface area (Å²) in [6, 6.07) is 9.99. The first-order valence-electron chi connectivity index (χ1n) is 8.93. The van der Waals surface area contributed by atoms with Gasteiger partial charge in [-0.05, 0) is 12.5 Å². The number of nitrogens with one attached hydrogen (secondary N) is 1. The molecule has 2 heterocycles. The predicted molar refractivity (Wildman–Crippen MR) is 104 cm³/mol. The van der Waals surface area contributed by atoms with Crippen LogP contribution >= 0.6 is 11.8 Å². The number of morpholine rings is 1. The molecule has 0 bridgehead atoms. The first kappa shape index (κ1) is 20.2. The second-order valence-corrected chi connectivity index (χ2v) is 7.50. The molecule has 1 fully saturated rings. The number of nitrogens with zero attached hydrogens (tertiary/aromatic N) is 4. The van der Waals surface area contributed by atoms with Crippen LogP contribution in [0.25, 0.3) is 0 Å². The summed E-state index contributed by atoms with van der Waals surface area (Å²) in [6.07, 6.45) is -0.780. The van der Waals surface area contributed by atoms with E-state index in [0.29, 0.717) is 24.9 Å². The summed E-state index contributed by atoms with van der Waals surface area (Å²) in [5.41, 5.74) is 1.10. The van der Waals surface area contributed by atoms with Crippen LogP contribution in [0.5, 0.6) is 0 Å². The summed E-state index contributed by atoms with van der Waals surface area (Å²) in [6.45, 7) is 5.02. The van der Waals surface area contributed by atoms with Gasteiger partial charge in [-0.25, -0.2) is 4.79 Å². The van der Waals surface area contributed by atoms with Gasteiger partial charge in [0.05, 0.1) is 32.1 Å². The van der Waals surface area contributed by atoms with Crippen LogP contribution in [0.15, 0.2) is 35.5 Å². The van der Waals surface area contributed by atoms with E-state index in [1.807, 2.05) is 34.9 Å². The number of alkyl carbamates (subject to hydrolysis) is 1. The monoisotopic (exact) mass is 405 g/mol. The number of aromatic nitrogens is 3. The van der Waals surface area contributed by atoms with Gasteiger partial charge in [0.2, 0.25) is 11.9 Å². The maximum absolute atomic E-state index is 12.2. The Morgan fingerprint density at radius 1 is 1.25 bits per heavy atom. The molecule has 2 aromatic rings. The topological polar surface area (TPSA) is 98.6 Å². The fourth-order valence-corrected chi connectivity index (χ4v) is 3.58. The van der Waals surface area contributed by atoms with Crippen molar-refractivity contribution in [2.45, 2.75) is 23.9 Å². The number of thioether (sulfide) groups is 1. The van der Waals surface area contributed by atoms with Crippen molar-refractivity contribution in [3.05, 3.63) is 35.9 Å². The fraction of sp³-hybridized carbons (Fsp3) is 0.444. The van der Waals surface area contributed by atoms with Crippen molar-refractivity contribution in [2.75, 3.05) is 38.3 Å². The third kappa shape index (κ3) is 5.02. The first-order valence-corrected chi connectivity index (χ1v) is 9.81. The standard InChI is InChI=1S/C18H23N5O4S/c1-13(15(24)19-18(25)26-2)28-17-21-20-16(22-8-10-27-11-9-22)23(17)12-14-6-4-3-5-7-14/h3-7,13H,8-12H2,1-2H3,(H,19,24,25)/t13-/m1/s1. The van der Waals surface area contributed by atoms with Crippen molar-refractivity contribution in [2.24, 2.45) is 0 Å². The van der Waals surface area contributed by atoms with E-state index in [1.165, 1.54) is 18.9 Å². The van der Waals surface area contributed by atoms with Crippen LogP contribution in [0.2, 0.25) is 0 Å². The van der Waals surface area contributed by atoms with Crippen LogP contribution in [-0.2, 0) is 20.8 Å². The Balaban J connectivity index is 1.82. The van der Waals surface area contributed by atoms with Gasteiger partial charge in [-0.15, -0.1) is 10.2 Å². The molecule has 9 nitrogen and oxygen atoms in total. The van der Waals surface area contributed by atoms with Crippen molar-refractivity contribution in [1.82, 2.24) is 20.1 Å². The minimum Gasteiger partial charge on any atom is -0.453 e. The third-order valence-corrected chi connectivity index (χ3v) is 5.32. The molecule has 1 atom stereocenters. The highest BCUT2D eigenvalue weighted by Crippen LogP contribution is 2.27. The molecule has 10 heteroatoms. The Hall–Kier alpha value is -2.59. The molecule has 2 amide bonds. The zero-order valence-corrected chi connectivity index (χ0v) is 16.6. The van der Waals surface area contributed by atoms with Crippen LogP contribution in [0.4, 0.5) is 10.7 Å². The number of methoxy groups -OCH3 is 1. The SMILES string of the molecule is COC(=O)NC(=O)[C@@H](C)Sc1nnc(N2CCOCC2)n1Cc1ccccc1. The zero-order valence-electron chi connectivity index (χ0n) is 15.8. The Labute approximate surface area is 167 Å². The second kappa shape index (κ2) is 9.56. The summed E-state index contributed by atoms with van der Waals surface area (Å²) in [5, 5.41) is 10.9. The van der Waals surface area contributed by atoms with Crippen LogP contribution in [0, 0.1) is 0 Å². The maximum Gasteiger partial charge on any atom is 0.413 e. The largest absolute Gasteiger partial charge is 0.453 e. The lowest BCUT2D eigenvalue weighted by molar-refractivity contribution is -0.119. The number of hydrogen-bond donors (Lipinski definition) is 1. The number of rotatable bonds is 6. The average molecular weight is 405 g/mol. The van der Waals surface area contributed by atoms with Crippen LogP contribution in [-0.4, -0.2) is 65.4 Å². The van der Waals surface area contributed by atoms with Gasteiger partial charge in [0, 0.05) is 13.1 Å². The first-order chi connectivity index (χ1) is 13.6. The third-order valence-electron chi connectivity index (χ3n) is 4.24. The molecule has 0 radical (unpaired) electrons. The van der Waals surface area contributed by atoms with Gasteiger partial charge < -0.3 is 14.4 Å². The van der Waals surface area contributed by atoms with Crippen LogP contribution in [0.1, 0.15) is 12.5 Å². The molecule has 1 aromatic heterocycles. The van der Waals surface area contributed by atoms with Gasteiger partial charge in [0.1, 0.15) is 0 Å². The van der Waals surface area contributed by atoms with Crippen molar-refractivity contribution in [1.29, 1.82) is 0 Å². The molecule has 0 saturated carbocycles. The molecule has 0 unspecified atom stereocenters. The van der Waals surface area contributed by atoms with E-state index in [0.717, 1.165) is 24.6 Å². The molecular formula is C18H23N5O4S. The minimum absolute atomic E-state index is 0.445. The number of carbonyl (C=O) groups excluding carboxylic acids is 2. The molecule has 0 spiro atoms. The van der Waals surface area contributed by atoms with E-state index in [1.54, 1.807) is 6.92 Å². The summed E-state index contributed by atoms with van der Waals surface area (Å²) < 4.78 is 11.9. The molecule has 28 heavy (non-hydrogen) atoms. The van der Waals surface area contributed by atoms with Gasteiger partial charge >= 0.3 is 6.09 Å². The average Bonchev–Trinajstić information content (AvgIpc) is 3.11. The Kier molecular flexibility index (Phi) is 6.88. The van der Waals surface area contributed by atoms with E-state index < -0.39 is 17.3 Å². The number of imide groups is 1. The predicted octanol–water partition coefficient (Wildman–Crippen LogP) is 1.53. The van der Waals surface area contributed by atoms with E-state index >= 15 is 0 Å². The number of hydrogen-bond acceptors (Lipinski definition) is 8. The minimum atomic E-state index is -0.780. The Bertz CT molecular complexity index is 808. The van der Waals surface area contributed by atoms with Gasteiger partial charge in [0.15, 0.2) is 5.16 Å². The molecule has 3 rings (SSSR count). The van der Waals surface area contributed by atoms with Crippen molar-refractivity contribution >= 4 is 29.7 Å². The highest BCUT2D eigenvalue weighted by Gasteiger charge is 2.24. The number of amides is 2.